The van der Waals surface area contributed by atoms with Gasteiger partial charge in [-0.15, -0.1) is 0 Å². The third kappa shape index (κ3) is 5.02. The number of benzene rings is 1. The van der Waals surface area contributed by atoms with Crippen LogP contribution in [-0.4, -0.2) is 38.2 Å². The number of nitrogens with zero attached hydrogens (tertiary/aromatic N) is 1. The number of hydrogen-bond donors (Lipinski definition) is 1. The van der Waals surface area contributed by atoms with Gasteiger partial charge in [-0.2, -0.15) is 0 Å². The van der Waals surface area contributed by atoms with Crippen LogP contribution in [0.2, 0.25) is 18.1 Å². The largest absolute Gasteiger partial charge is 0.497 e. The summed E-state index contributed by atoms with van der Waals surface area (Å²) in [6.07, 6.45) is -1.20. The zero-order valence-electron chi connectivity index (χ0n) is 14.7. The molecule has 0 saturated heterocycles. The second-order valence-electron chi connectivity index (χ2n) is 7.14. The molecule has 1 rings (SSSR count). The van der Waals surface area contributed by atoms with Crippen molar-refractivity contribution in [3.8, 4) is 5.75 Å². The van der Waals surface area contributed by atoms with E-state index in [1.165, 1.54) is 7.11 Å². The Kier molecular flexibility index (Phi) is 6.32. The van der Waals surface area contributed by atoms with Crippen molar-refractivity contribution in [2.45, 2.75) is 51.0 Å². The van der Waals surface area contributed by atoms with E-state index in [1.54, 1.807) is 24.3 Å². The predicted molar refractivity (Wildman–Crippen MR) is 91.9 cm³/mol. The molecule has 0 aliphatic heterocycles. The molecule has 0 saturated carbocycles. The number of hydrogen-bond acceptors (Lipinski definition) is 5. The lowest BCUT2D eigenvalue weighted by Gasteiger charge is -2.36. The van der Waals surface area contributed by atoms with E-state index in [0.717, 1.165) is 0 Å². The first-order valence-electron chi connectivity index (χ1n) is 7.59. The van der Waals surface area contributed by atoms with Crippen LogP contribution in [0.5, 0.6) is 5.75 Å². The minimum Gasteiger partial charge on any atom is -0.497 e. The molecule has 130 valence electrons. The van der Waals surface area contributed by atoms with Crippen molar-refractivity contribution in [2.24, 2.45) is 0 Å². The van der Waals surface area contributed by atoms with Gasteiger partial charge in [-0.1, -0.05) is 20.8 Å². The Morgan fingerprint density at radius 1 is 1.26 bits per heavy atom. The molecular weight excluding hydrogens is 314 g/mol. The zero-order valence-corrected chi connectivity index (χ0v) is 15.7. The summed E-state index contributed by atoms with van der Waals surface area (Å²) in [6, 6.07) is 5.27. The van der Waals surface area contributed by atoms with Crippen molar-refractivity contribution in [3.63, 3.8) is 0 Å². The molecule has 1 aromatic rings. The summed E-state index contributed by atoms with van der Waals surface area (Å²) in [7, 11) is -0.537. The van der Waals surface area contributed by atoms with Crippen LogP contribution in [0, 0.1) is 10.1 Å². The number of rotatable bonds is 7. The molecule has 0 aliphatic carbocycles. The highest BCUT2D eigenvalue weighted by molar-refractivity contribution is 6.74. The fourth-order valence-corrected chi connectivity index (χ4v) is 2.91. The van der Waals surface area contributed by atoms with Crippen LogP contribution < -0.4 is 4.74 Å². The Morgan fingerprint density at radius 2 is 1.78 bits per heavy atom. The fourth-order valence-electron chi connectivity index (χ4n) is 1.89. The summed E-state index contributed by atoms with van der Waals surface area (Å²) >= 11 is 0. The minimum absolute atomic E-state index is 0.0169. The molecule has 0 bridgehead atoms. The second-order valence-corrected chi connectivity index (χ2v) is 12.0. The first-order chi connectivity index (χ1) is 10.5. The van der Waals surface area contributed by atoms with Gasteiger partial charge in [0.25, 0.3) is 6.04 Å². The van der Waals surface area contributed by atoms with E-state index in [1.807, 2.05) is 13.1 Å². The van der Waals surface area contributed by atoms with E-state index in [2.05, 4.69) is 20.8 Å². The SMILES string of the molecule is COc1ccc([C@H]([C@H](O)CO[Si](C)(C)C(C)(C)C)[N+](=O)[O-])cc1. The maximum Gasteiger partial charge on any atom is 0.265 e. The summed E-state index contributed by atoms with van der Waals surface area (Å²) in [5, 5.41) is 21.7. The van der Waals surface area contributed by atoms with E-state index < -0.39 is 25.4 Å². The van der Waals surface area contributed by atoms with Gasteiger partial charge in [-0.3, -0.25) is 10.1 Å². The summed E-state index contributed by atoms with van der Waals surface area (Å²) in [5.74, 6) is 0.614. The maximum absolute atomic E-state index is 11.4. The van der Waals surface area contributed by atoms with Crippen LogP contribution in [0.4, 0.5) is 0 Å². The van der Waals surface area contributed by atoms with Crippen LogP contribution in [0.15, 0.2) is 24.3 Å². The van der Waals surface area contributed by atoms with E-state index in [0.29, 0.717) is 11.3 Å². The van der Waals surface area contributed by atoms with Gasteiger partial charge in [-0.25, -0.2) is 0 Å². The molecule has 0 aliphatic rings. The van der Waals surface area contributed by atoms with Crippen LogP contribution in [0.25, 0.3) is 0 Å². The van der Waals surface area contributed by atoms with Crippen molar-refractivity contribution in [2.75, 3.05) is 13.7 Å². The van der Waals surface area contributed by atoms with Gasteiger partial charge in [0, 0.05) is 10.5 Å². The minimum atomic E-state index is -2.07. The van der Waals surface area contributed by atoms with Crippen molar-refractivity contribution in [1.29, 1.82) is 0 Å². The zero-order chi connectivity index (χ0) is 17.8. The molecule has 0 radical (unpaired) electrons. The molecule has 0 amide bonds. The summed E-state index contributed by atoms with van der Waals surface area (Å²) in [5.41, 5.74) is 0.433. The molecule has 0 unspecified atom stereocenters. The number of nitro groups is 1. The highest BCUT2D eigenvalue weighted by Gasteiger charge is 2.40. The van der Waals surface area contributed by atoms with Crippen molar-refractivity contribution < 1.29 is 19.2 Å². The Morgan fingerprint density at radius 3 is 2.17 bits per heavy atom. The Hall–Kier alpha value is -1.44. The monoisotopic (exact) mass is 341 g/mol. The lowest BCUT2D eigenvalue weighted by atomic mass is 10.0. The third-order valence-electron chi connectivity index (χ3n) is 4.47. The first kappa shape index (κ1) is 19.6. The summed E-state index contributed by atoms with van der Waals surface area (Å²) in [6.45, 7) is 10.3. The van der Waals surface area contributed by atoms with Crippen molar-refractivity contribution in [3.05, 3.63) is 39.9 Å². The van der Waals surface area contributed by atoms with E-state index in [-0.39, 0.29) is 11.6 Å². The van der Waals surface area contributed by atoms with Gasteiger partial charge in [0.05, 0.1) is 13.7 Å². The van der Waals surface area contributed by atoms with E-state index >= 15 is 0 Å². The Balaban J connectivity index is 2.87. The van der Waals surface area contributed by atoms with Gasteiger partial charge in [0.15, 0.2) is 8.32 Å². The summed E-state index contributed by atoms with van der Waals surface area (Å²) in [4.78, 5) is 10.9. The standard InChI is InChI=1S/C16H27NO5Si/c1-16(2,3)23(5,6)22-11-14(18)15(17(19)20)12-7-9-13(21-4)10-8-12/h7-10,14-15,18H,11H2,1-6H3/t14-,15-/m1/s1. The molecule has 1 N–H and O–H groups in total. The number of methoxy groups -OCH3 is 1. The predicted octanol–water partition coefficient (Wildman–Crippen LogP) is 3.40. The molecule has 6 nitrogen and oxygen atoms in total. The maximum atomic E-state index is 11.4. The molecule has 0 aromatic heterocycles. The molecule has 0 heterocycles. The van der Waals surface area contributed by atoms with Crippen molar-refractivity contribution in [1.82, 2.24) is 0 Å². The lowest BCUT2D eigenvalue weighted by Crippen LogP contribution is -2.44. The number of aliphatic hydroxyl groups is 1. The Bertz CT molecular complexity index is 524. The molecule has 23 heavy (non-hydrogen) atoms. The lowest BCUT2D eigenvalue weighted by molar-refractivity contribution is -0.541. The third-order valence-corrected chi connectivity index (χ3v) is 8.97. The smallest absolute Gasteiger partial charge is 0.265 e. The molecule has 0 fully saturated rings. The van der Waals surface area contributed by atoms with Crippen LogP contribution >= 0.6 is 0 Å². The molecule has 7 heteroatoms. The molecule has 2 atom stereocenters. The topological polar surface area (TPSA) is 81.8 Å². The normalized spacial score (nSPS) is 15.1. The molecular formula is C16H27NO5Si. The highest BCUT2D eigenvalue weighted by Crippen LogP contribution is 2.37. The Labute approximate surface area is 138 Å². The highest BCUT2D eigenvalue weighted by atomic mass is 28.4. The molecule has 0 spiro atoms. The molecule has 1 aromatic carbocycles. The van der Waals surface area contributed by atoms with Gasteiger partial charge < -0.3 is 14.3 Å². The number of aliphatic hydroxyl groups excluding tert-OH is 1. The van der Waals surface area contributed by atoms with E-state index in [9.17, 15) is 15.2 Å². The van der Waals surface area contributed by atoms with Gasteiger partial charge in [-0.05, 0) is 42.4 Å². The number of ether oxygens (including phenoxy) is 1. The van der Waals surface area contributed by atoms with E-state index in [4.69, 9.17) is 9.16 Å². The van der Waals surface area contributed by atoms with Crippen LogP contribution in [0.1, 0.15) is 32.4 Å². The summed E-state index contributed by atoms with van der Waals surface area (Å²) < 4.78 is 11.0. The van der Waals surface area contributed by atoms with Gasteiger partial charge in [0.1, 0.15) is 11.9 Å². The van der Waals surface area contributed by atoms with Crippen LogP contribution in [0.3, 0.4) is 0 Å². The van der Waals surface area contributed by atoms with Crippen molar-refractivity contribution >= 4 is 8.32 Å². The first-order valence-corrected chi connectivity index (χ1v) is 10.5. The van der Waals surface area contributed by atoms with Crippen LogP contribution in [-0.2, 0) is 4.43 Å². The van der Waals surface area contributed by atoms with Gasteiger partial charge >= 0.3 is 0 Å². The second kappa shape index (κ2) is 7.42. The average Bonchev–Trinajstić information content (AvgIpc) is 2.44. The fraction of sp³-hybridized carbons (Fsp3) is 0.625. The quantitative estimate of drug-likeness (QED) is 0.467. The van der Waals surface area contributed by atoms with Gasteiger partial charge in [0.2, 0.25) is 0 Å². The average molecular weight is 341 g/mol.